The van der Waals surface area contributed by atoms with Gasteiger partial charge in [0.1, 0.15) is 11.6 Å². The van der Waals surface area contributed by atoms with E-state index in [0.717, 1.165) is 43.7 Å². The summed E-state index contributed by atoms with van der Waals surface area (Å²) in [6.07, 6.45) is 9.80. The summed E-state index contributed by atoms with van der Waals surface area (Å²) in [5.41, 5.74) is 3.71. The molecule has 0 radical (unpaired) electrons. The Bertz CT molecular complexity index is 923. The molecule has 1 aliphatic heterocycles. The standard InChI is InChI=1S/C27H37N3O/c1-2-23-14-16-24(17-15-23)31-22-10-21-30-26-12-6-5-11-25(26)28-27(30)13-9-20-29-18-7-3-4-8-19-29/h5-6,11-12,14-17H,2-4,7-10,13,18-22H2,1H3. The highest BCUT2D eigenvalue weighted by molar-refractivity contribution is 5.75. The summed E-state index contributed by atoms with van der Waals surface area (Å²) in [7, 11) is 0. The van der Waals surface area contributed by atoms with E-state index in [1.165, 1.54) is 68.6 Å². The van der Waals surface area contributed by atoms with E-state index in [1.807, 2.05) is 0 Å². The summed E-state index contributed by atoms with van der Waals surface area (Å²) < 4.78 is 8.41. The molecule has 0 bridgehead atoms. The van der Waals surface area contributed by atoms with Gasteiger partial charge >= 0.3 is 0 Å². The molecule has 4 heteroatoms. The van der Waals surface area contributed by atoms with Crippen molar-refractivity contribution in [3.05, 3.63) is 59.9 Å². The van der Waals surface area contributed by atoms with Crippen LogP contribution in [-0.2, 0) is 19.4 Å². The molecule has 0 aliphatic carbocycles. The van der Waals surface area contributed by atoms with Crippen LogP contribution >= 0.6 is 0 Å². The fourth-order valence-corrected chi connectivity index (χ4v) is 4.62. The Morgan fingerprint density at radius 3 is 2.42 bits per heavy atom. The number of aryl methyl sites for hydroxylation is 3. The van der Waals surface area contributed by atoms with E-state index in [-0.39, 0.29) is 0 Å². The maximum absolute atomic E-state index is 5.99. The van der Waals surface area contributed by atoms with Gasteiger partial charge in [-0.2, -0.15) is 0 Å². The molecule has 1 aliphatic rings. The first-order valence-corrected chi connectivity index (χ1v) is 12.2. The molecule has 0 atom stereocenters. The van der Waals surface area contributed by atoms with E-state index in [2.05, 4.69) is 64.9 Å². The smallest absolute Gasteiger partial charge is 0.119 e. The summed E-state index contributed by atoms with van der Waals surface area (Å²) in [5, 5.41) is 0. The van der Waals surface area contributed by atoms with Crippen LogP contribution in [-0.4, -0.2) is 40.7 Å². The maximum atomic E-state index is 5.99. The van der Waals surface area contributed by atoms with Crippen LogP contribution in [0.25, 0.3) is 11.0 Å². The lowest BCUT2D eigenvalue weighted by molar-refractivity contribution is 0.280. The highest BCUT2D eigenvalue weighted by Crippen LogP contribution is 2.19. The zero-order valence-corrected chi connectivity index (χ0v) is 19.1. The second-order valence-electron chi connectivity index (χ2n) is 8.73. The quantitative estimate of drug-likeness (QED) is 0.385. The van der Waals surface area contributed by atoms with Crippen molar-refractivity contribution in [1.29, 1.82) is 0 Å². The number of para-hydroxylation sites is 2. The summed E-state index contributed by atoms with van der Waals surface area (Å²) in [4.78, 5) is 7.62. The molecule has 1 saturated heterocycles. The molecule has 2 aromatic carbocycles. The fraction of sp³-hybridized carbons (Fsp3) is 0.519. The van der Waals surface area contributed by atoms with Gasteiger partial charge in [0.05, 0.1) is 17.6 Å². The minimum absolute atomic E-state index is 0.727. The first-order chi connectivity index (χ1) is 15.3. The van der Waals surface area contributed by atoms with Gasteiger partial charge in [0.25, 0.3) is 0 Å². The van der Waals surface area contributed by atoms with Gasteiger partial charge in [0.15, 0.2) is 0 Å². The molecule has 1 fully saturated rings. The molecule has 1 aromatic heterocycles. The predicted molar refractivity (Wildman–Crippen MR) is 129 cm³/mol. The lowest BCUT2D eigenvalue weighted by atomic mass is 10.2. The Morgan fingerprint density at radius 2 is 1.65 bits per heavy atom. The number of imidazole rings is 1. The third-order valence-corrected chi connectivity index (χ3v) is 6.43. The highest BCUT2D eigenvalue weighted by Gasteiger charge is 2.12. The first kappa shape index (κ1) is 21.9. The number of hydrogen-bond acceptors (Lipinski definition) is 3. The van der Waals surface area contributed by atoms with Crippen molar-refractivity contribution < 1.29 is 4.74 Å². The summed E-state index contributed by atoms with van der Waals surface area (Å²) in [6.45, 7) is 7.59. The number of aromatic nitrogens is 2. The van der Waals surface area contributed by atoms with Gasteiger partial charge in [-0.1, -0.05) is 44.0 Å². The molecule has 166 valence electrons. The van der Waals surface area contributed by atoms with E-state index in [9.17, 15) is 0 Å². The largest absolute Gasteiger partial charge is 0.494 e. The van der Waals surface area contributed by atoms with E-state index in [4.69, 9.17) is 9.72 Å². The Balaban J connectivity index is 1.33. The number of benzene rings is 2. The number of nitrogens with zero attached hydrogens (tertiary/aromatic N) is 3. The summed E-state index contributed by atoms with van der Waals surface area (Å²) in [5.74, 6) is 2.19. The topological polar surface area (TPSA) is 30.3 Å². The second kappa shape index (κ2) is 11.3. The predicted octanol–water partition coefficient (Wildman–Crippen LogP) is 5.88. The van der Waals surface area contributed by atoms with Gasteiger partial charge < -0.3 is 14.2 Å². The Morgan fingerprint density at radius 1 is 0.871 bits per heavy atom. The molecule has 0 saturated carbocycles. The molecular formula is C27H37N3O. The molecule has 31 heavy (non-hydrogen) atoms. The van der Waals surface area contributed by atoms with Crippen LogP contribution in [0, 0.1) is 0 Å². The lowest BCUT2D eigenvalue weighted by Gasteiger charge is -2.19. The molecule has 0 amide bonds. The van der Waals surface area contributed by atoms with Crippen molar-refractivity contribution in [2.24, 2.45) is 0 Å². The van der Waals surface area contributed by atoms with Crippen LogP contribution in [0.15, 0.2) is 48.5 Å². The molecule has 3 aromatic rings. The number of fused-ring (bicyclic) bond motifs is 1. The van der Waals surface area contributed by atoms with E-state index < -0.39 is 0 Å². The van der Waals surface area contributed by atoms with Gasteiger partial charge in [-0.05, 0) is 81.6 Å². The van der Waals surface area contributed by atoms with E-state index in [1.54, 1.807) is 0 Å². The third kappa shape index (κ3) is 6.10. The van der Waals surface area contributed by atoms with Crippen molar-refractivity contribution in [2.75, 3.05) is 26.2 Å². The van der Waals surface area contributed by atoms with Crippen LogP contribution in [0.3, 0.4) is 0 Å². The molecule has 0 unspecified atom stereocenters. The summed E-state index contributed by atoms with van der Waals surface area (Å²) in [6, 6.07) is 17.0. The highest BCUT2D eigenvalue weighted by atomic mass is 16.5. The van der Waals surface area contributed by atoms with Crippen LogP contribution in [0.1, 0.15) is 56.8 Å². The fourth-order valence-electron chi connectivity index (χ4n) is 4.62. The van der Waals surface area contributed by atoms with Gasteiger partial charge in [0, 0.05) is 13.0 Å². The van der Waals surface area contributed by atoms with Crippen LogP contribution in [0.2, 0.25) is 0 Å². The first-order valence-electron chi connectivity index (χ1n) is 12.2. The van der Waals surface area contributed by atoms with E-state index >= 15 is 0 Å². The molecule has 4 rings (SSSR count). The van der Waals surface area contributed by atoms with Gasteiger partial charge in [-0.25, -0.2) is 4.98 Å². The molecule has 0 N–H and O–H groups in total. The third-order valence-electron chi connectivity index (χ3n) is 6.43. The normalized spacial score (nSPS) is 15.3. The molecule has 2 heterocycles. The Hall–Kier alpha value is -2.33. The average Bonchev–Trinajstić information content (AvgIpc) is 2.96. The zero-order valence-electron chi connectivity index (χ0n) is 19.1. The molecule has 4 nitrogen and oxygen atoms in total. The average molecular weight is 420 g/mol. The van der Waals surface area contributed by atoms with Gasteiger partial charge in [-0.3, -0.25) is 0 Å². The minimum atomic E-state index is 0.727. The lowest BCUT2D eigenvalue weighted by Crippen LogP contribution is -2.26. The van der Waals surface area contributed by atoms with Crippen LogP contribution in [0.5, 0.6) is 5.75 Å². The molecular weight excluding hydrogens is 382 g/mol. The number of rotatable bonds is 10. The SMILES string of the molecule is CCc1ccc(OCCCn2c(CCCN3CCCCCC3)nc3ccccc32)cc1. The van der Waals surface area contributed by atoms with Crippen LogP contribution in [0.4, 0.5) is 0 Å². The number of ether oxygens (including phenoxy) is 1. The second-order valence-corrected chi connectivity index (χ2v) is 8.73. The van der Waals surface area contributed by atoms with Crippen molar-refractivity contribution >= 4 is 11.0 Å². The van der Waals surface area contributed by atoms with Crippen molar-refractivity contribution in [3.63, 3.8) is 0 Å². The van der Waals surface area contributed by atoms with Crippen molar-refractivity contribution in [2.45, 2.75) is 64.8 Å². The van der Waals surface area contributed by atoms with Gasteiger partial charge in [-0.15, -0.1) is 0 Å². The molecule has 0 spiro atoms. The van der Waals surface area contributed by atoms with Crippen molar-refractivity contribution in [1.82, 2.24) is 14.5 Å². The minimum Gasteiger partial charge on any atom is -0.494 e. The Kier molecular flexibility index (Phi) is 8.00. The van der Waals surface area contributed by atoms with Crippen molar-refractivity contribution in [3.8, 4) is 5.75 Å². The number of likely N-dealkylation sites (tertiary alicyclic amines) is 1. The zero-order chi connectivity index (χ0) is 21.3. The Labute approximate surface area is 187 Å². The summed E-state index contributed by atoms with van der Waals surface area (Å²) >= 11 is 0. The van der Waals surface area contributed by atoms with Gasteiger partial charge in [0.2, 0.25) is 0 Å². The van der Waals surface area contributed by atoms with E-state index in [0.29, 0.717) is 0 Å². The number of hydrogen-bond donors (Lipinski definition) is 0. The van der Waals surface area contributed by atoms with Crippen LogP contribution < -0.4 is 4.74 Å². The monoisotopic (exact) mass is 419 g/mol. The maximum Gasteiger partial charge on any atom is 0.119 e.